The quantitative estimate of drug-likeness (QED) is 0.932. The average Bonchev–Trinajstić information content (AvgIpc) is 2.62. The molecule has 2 aromatic rings. The molecule has 1 fully saturated rings. The highest BCUT2D eigenvalue weighted by atomic mass is 19.1. The zero-order valence-corrected chi connectivity index (χ0v) is 13.3. The van der Waals surface area contributed by atoms with Crippen LogP contribution in [-0.4, -0.2) is 36.2 Å². The van der Waals surface area contributed by atoms with Crippen LogP contribution >= 0.6 is 0 Å². The smallest absolute Gasteiger partial charge is 0.228 e. The van der Waals surface area contributed by atoms with Gasteiger partial charge < -0.3 is 14.8 Å². The van der Waals surface area contributed by atoms with Gasteiger partial charge in [-0.2, -0.15) is 0 Å². The van der Waals surface area contributed by atoms with Gasteiger partial charge in [0.2, 0.25) is 5.91 Å². The second-order valence-electron chi connectivity index (χ2n) is 5.51. The van der Waals surface area contributed by atoms with Crippen LogP contribution in [0.2, 0.25) is 0 Å². The average molecular weight is 331 g/mol. The molecule has 0 atom stereocenters. The van der Waals surface area contributed by atoms with Gasteiger partial charge in [-0.05, 0) is 31.0 Å². The molecule has 0 bridgehead atoms. The van der Waals surface area contributed by atoms with Crippen molar-refractivity contribution in [1.29, 1.82) is 0 Å². The number of benzene rings is 1. The first-order chi connectivity index (χ1) is 11.7. The van der Waals surface area contributed by atoms with Crippen molar-refractivity contribution in [1.82, 2.24) is 9.97 Å². The molecule has 1 aliphatic heterocycles. The number of hydrogen-bond donors (Lipinski definition) is 1. The van der Waals surface area contributed by atoms with E-state index in [0.717, 1.165) is 0 Å². The van der Waals surface area contributed by atoms with Gasteiger partial charge in [-0.15, -0.1) is 0 Å². The van der Waals surface area contributed by atoms with Gasteiger partial charge in [0.25, 0.3) is 0 Å². The lowest BCUT2D eigenvalue weighted by molar-refractivity contribution is -0.122. The number of carbonyl (C=O) groups is 1. The molecule has 24 heavy (non-hydrogen) atoms. The maximum atomic E-state index is 13.5. The fraction of sp³-hybridized carbons (Fsp3) is 0.353. The lowest BCUT2D eigenvalue weighted by Gasteiger charge is -2.21. The minimum Gasteiger partial charge on any atom is -0.496 e. The standard InChI is InChI=1S/C17H18FN3O3/c1-23-15-3-2-12(18)8-13(15)14-9-16(20-10-19-14)21-17(22)11-4-6-24-7-5-11/h2-3,8-11H,4-7H2,1H3,(H,19,20,21,22). The van der Waals surface area contributed by atoms with E-state index < -0.39 is 5.82 Å². The van der Waals surface area contributed by atoms with E-state index in [1.807, 2.05) is 0 Å². The van der Waals surface area contributed by atoms with E-state index in [1.165, 1.54) is 31.6 Å². The summed E-state index contributed by atoms with van der Waals surface area (Å²) in [4.78, 5) is 20.5. The Bertz CT molecular complexity index is 733. The Kier molecular flexibility index (Phi) is 5.00. The summed E-state index contributed by atoms with van der Waals surface area (Å²) >= 11 is 0. The molecular weight excluding hydrogens is 313 g/mol. The molecular formula is C17H18FN3O3. The molecule has 6 nitrogen and oxygen atoms in total. The number of amides is 1. The van der Waals surface area contributed by atoms with Crippen molar-refractivity contribution in [2.45, 2.75) is 12.8 Å². The third-order valence-electron chi connectivity index (χ3n) is 3.95. The van der Waals surface area contributed by atoms with Gasteiger partial charge in [0.15, 0.2) is 0 Å². The number of nitrogens with one attached hydrogen (secondary N) is 1. The summed E-state index contributed by atoms with van der Waals surface area (Å²) in [6.07, 6.45) is 2.72. The van der Waals surface area contributed by atoms with Crippen LogP contribution in [0.25, 0.3) is 11.3 Å². The predicted octanol–water partition coefficient (Wildman–Crippen LogP) is 2.66. The molecule has 0 unspecified atom stereocenters. The van der Waals surface area contributed by atoms with Gasteiger partial charge in [0, 0.05) is 30.8 Å². The van der Waals surface area contributed by atoms with Gasteiger partial charge >= 0.3 is 0 Å². The fourth-order valence-corrected chi connectivity index (χ4v) is 2.64. The monoisotopic (exact) mass is 331 g/mol. The minimum atomic E-state index is -0.391. The van der Waals surface area contributed by atoms with Crippen molar-refractivity contribution in [2.75, 3.05) is 25.6 Å². The highest BCUT2D eigenvalue weighted by Crippen LogP contribution is 2.30. The van der Waals surface area contributed by atoms with Crippen LogP contribution < -0.4 is 10.1 Å². The summed E-state index contributed by atoms with van der Waals surface area (Å²) in [5.74, 6) is 0.312. The Morgan fingerprint density at radius 1 is 1.29 bits per heavy atom. The van der Waals surface area contributed by atoms with Crippen molar-refractivity contribution in [3.05, 3.63) is 36.4 Å². The van der Waals surface area contributed by atoms with E-state index in [2.05, 4.69) is 15.3 Å². The third kappa shape index (κ3) is 3.68. The van der Waals surface area contributed by atoms with Crippen LogP contribution in [0.1, 0.15) is 12.8 Å². The minimum absolute atomic E-state index is 0.0825. The first-order valence-electron chi connectivity index (χ1n) is 7.72. The van der Waals surface area contributed by atoms with Crippen molar-refractivity contribution in [2.24, 2.45) is 5.92 Å². The summed E-state index contributed by atoms with van der Waals surface area (Å²) in [5.41, 5.74) is 0.977. The number of carbonyl (C=O) groups excluding carboxylic acids is 1. The summed E-state index contributed by atoms with van der Waals surface area (Å²) in [5, 5.41) is 2.79. The van der Waals surface area contributed by atoms with Crippen LogP contribution in [0.15, 0.2) is 30.6 Å². The van der Waals surface area contributed by atoms with Crippen molar-refractivity contribution < 1.29 is 18.7 Å². The molecule has 0 saturated carbocycles. The third-order valence-corrected chi connectivity index (χ3v) is 3.95. The Balaban J connectivity index is 1.81. The predicted molar refractivity (Wildman–Crippen MR) is 86.2 cm³/mol. The molecule has 1 N–H and O–H groups in total. The summed E-state index contributed by atoms with van der Waals surface area (Å²) < 4.78 is 24.0. The Morgan fingerprint density at radius 2 is 2.08 bits per heavy atom. The normalized spacial score (nSPS) is 15.1. The largest absolute Gasteiger partial charge is 0.496 e. The molecule has 126 valence electrons. The van der Waals surface area contributed by atoms with Gasteiger partial charge in [0.05, 0.1) is 12.8 Å². The summed E-state index contributed by atoms with van der Waals surface area (Å²) in [6.45, 7) is 1.18. The Morgan fingerprint density at radius 3 is 2.83 bits per heavy atom. The second-order valence-corrected chi connectivity index (χ2v) is 5.51. The lowest BCUT2D eigenvalue weighted by Crippen LogP contribution is -2.28. The molecule has 0 spiro atoms. The van der Waals surface area contributed by atoms with Crippen molar-refractivity contribution in [3.8, 4) is 17.0 Å². The fourth-order valence-electron chi connectivity index (χ4n) is 2.64. The van der Waals surface area contributed by atoms with E-state index in [0.29, 0.717) is 48.9 Å². The maximum Gasteiger partial charge on any atom is 0.228 e. The van der Waals surface area contributed by atoms with E-state index in [4.69, 9.17) is 9.47 Å². The first-order valence-corrected chi connectivity index (χ1v) is 7.72. The molecule has 1 aliphatic rings. The van der Waals surface area contributed by atoms with Gasteiger partial charge in [-0.25, -0.2) is 14.4 Å². The van der Waals surface area contributed by atoms with E-state index in [-0.39, 0.29) is 11.8 Å². The SMILES string of the molecule is COc1ccc(F)cc1-c1cc(NC(=O)C2CCOCC2)ncn1. The van der Waals surface area contributed by atoms with Crippen LogP contribution in [0.3, 0.4) is 0 Å². The Hall–Kier alpha value is -2.54. The van der Waals surface area contributed by atoms with Crippen LogP contribution in [0.4, 0.5) is 10.2 Å². The molecule has 3 rings (SSSR count). The molecule has 1 aromatic carbocycles. The van der Waals surface area contributed by atoms with E-state index in [9.17, 15) is 9.18 Å². The van der Waals surface area contributed by atoms with Crippen LogP contribution in [-0.2, 0) is 9.53 Å². The second kappa shape index (κ2) is 7.35. The lowest BCUT2D eigenvalue weighted by atomic mass is 9.99. The van der Waals surface area contributed by atoms with Gasteiger partial charge in [-0.3, -0.25) is 4.79 Å². The molecule has 1 aromatic heterocycles. The Labute approximate surface area is 139 Å². The number of methoxy groups -OCH3 is 1. The number of anilines is 1. The van der Waals surface area contributed by atoms with Crippen LogP contribution in [0.5, 0.6) is 5.75 Å². The van der Waals surface area contributed by atoms with Crippen molar-refractivity contribution in [3.63, 3.8) is 0 Å². The zero-order chi connectivity index (χ0) is 16.9. The summed E-state index contributed by atoms with van der Waals surface area (Å²) in [6, 6.07) is 5.80. The van der Waals surface area contributed by atoms with Crippen LogP contribution in [0, 0.1) is 11.7 Å². The molecule has 0 radical (unpaired) electrons. The molecule has 1 amide bonds. The number of halogens is 1. The van der Waals surface area contributed by atoms with Gasteiger partial charge in [-0.1, -0.05) is 0 Å². The number of ether oxygens (including phenoxy) is 2. The highest BCUT2D eigenvalue weighted by Gasteiger charge is 2.22. The molecule has 2 heterocycles. The number of aromatic nitrogens is 2. The number of rotatable bonds is 4. The molecule has 1 saturated heterocycles. The number of hydrogen-bond acceptors (Lipinski definition) is 5. The van der Waals surface area contributed by atoms with E-state index >= 15 is 0 Å². The number of nitrogens with zero attached hydrogens (tertiary/aromatic N) is 2. The molecule has 0 aliphatic carbocycles. The summed E-state index contributed by atoms with van der Waals surface area (Å²) in [7, 11) is 1.51. The topological polar surface area (TPSA) is 73.3 Å². The maximum absolute atomic E-state index is 13.5. The highest BCUT2D eigenvalue weighted by molar-refractivity contribution is 5.92. The zero-order valence-electron chi connectivity index (χ0n) is 13.3. The van der Waals surface area contributed by atoms with E-state index in [1.54, 1.807) is 6.07 Å². The first kappa shape index (κ1) is 16.3. The van der Waals surface area contributed by atoms with Gasteiger partial charge in [0.1, 0.15) is 23.7 Å². The van der Waals surface area contributed by atoms with Crippen molar-refractivity contribution >= 4 is 11.7 Å². The molecule has 7 heteroatoms.